The third kappa shape index (κ3) is 5.35. The normalized spacial score (nSPS) is 10.4. The first-order chi connectivity index (χ1) is 11.6. The Hall–Kier alpha value is -1.85. The quantitative estimate of drug-likeness (QED) is 0.721. The second-order valence-corrected chi connectivity index (χ2v) is 6.56. The van der Waals surface area contributed by atoms with Gasteiger partial charge in [-0.2, -0.15) is 11.3 Å². The number of thiophene rings is 1. The Bertz CT molecular complexity index is 673. The van der Waals surface area contributed by atoms with Gasteiger partial charge in [0.25, 0.3) is 5.91 Å². The largest absolute Gasteiger partial charge is 0.352 e. The summed E-state index contributed by atoms with van der Waals surface area (Å²) in [5.74, 6) is -0.0192. The van der Waals surface area contributed by atoms with Gasteiger partial charge in [-0.1, -0.05) is 29.8 Å². The first-order valence-corrected chi connectivity index (χ1v) is 9.25. The molecule has 24 heavy (non-hydrogen) atoms. The minimum atomic E-state index is -0.0906. The minimum Gasteiger partial charge on any atom is -0.352 e. The molecule has 0 aliphatic heterocycles. The number of carbonyl (C=O) groups is 2. The highest BCUT2D eigenvalue weighted by molar-refractivity contribution is 7.08. The molecule has 2 rings (SSSR count). The Morgan fingerprint density at radius 2 is 2.04 bits per heavy atom. The van der Waals surface area contributed by atoms with Crippen LogP contribution in [0.5, 0.6) is 0 Å². The van der Waals surface area contributed by atoms with Crippen LogP contribution >= 0.6 is 22.9 Å². The van der Waals surface area contributed by atoms with Crippen molar-refractivity contribution in [2.24, 2.45) is 0 Å². The van der Waals surface area contributed by atoms with Crippen molar-refractivity contribution in [3.63, 3.8) is 0 Å². The molecule has 1 N–H and O–H groups in total. The van der Waals surface area contributed by atoms with Crippen molar-refractivity contribution in [2.75, 3.05) is 13.1 Å². The molecular weight excluding hydrogens is 344 g/mol. The summed E-state index contributed by atoms with van der Waals surface area (Å²) in [5.41, 5.74) is 1.61. The molecule has 6 heteroatoms. The van der Waals surface area contributed by atoms with E-state index in [2.05, 4.69) is 5.32 Å². The molecule has 0 atom stereocenters. The van der Waals surface area contributed by atoms with Crippen LogP contribution < -0.4 is 5.32 Å². The fourth-order valence-corrected chi connectivity index (χ4v) is 3.14. The average Bonchev–Trinajstić information content (AvgIpc) is 3.12. The molecule has 0 saturated heterocycles. The Balaban J connectivity index is 1.76. The number of carbonyl (C=O) groups excluding carboxylic acids is 2. The SMILES string of the molecule is CCN(Cc1ccccc1Cl)C(=O)CCCNC(=O)c1ccsc1. The summed E-state index contributed by atoms with van der Waals surface area (Å²) in [6.07, 6.45) is 1.02. The standard InChI is InChI=1S/C18H21ClN2O2S/c1-2-21(12-14-6-3-4-7-16(14)19)17(22)8-5-10-20-18(23)15-9-11-24-13-15/h3-4,6-7,9,11,13H,2,5,8,10,12H2,1H3,(H,20,23). The van der Waals surface area contributed by atoms with E-state index >= 15 is 0 Å². The summed E-state index contributed by atoms with van der Waals surface area (Å²) in [6, 6.07) is 9.34. The van der Waals surface area contributed by atoms with Crippen LogP contribution in [0.1, 0.15) is 35.7 Å². The third-order valence-electron chi connectivity index (χ3n) is 3.69. The zero-order valence-electron chi connectivity index (χ0n) is 13.6. The lowest BCUT2D eigenvalue weighted by atomic mass is 10.2. The number of benzene rings is 1. The Labute approximate surface area is 151 Å². The molecule has 1 heterocycles. The molecule has 0 fully saturated rings. The molecule has 0 spiro atoms. The van der Waals surface area contributed by atoms with E-state index in [4.69, 9.17) is 11.6 Å². The van der Waals surface area contributed by atoms with Gasteiger partial charge in [0.15, 0.2) is 0 Å². The fraction of sp³-hybridized carbons (Fsp3) is 0.333. The topological polar surface area (TPSA) is 49.4 Å². The molecule has 2 amide bonds. The van der Waals surface area contributed by atoms with E-state index in [1.165, 1.54) is 11.3 Å². The number of nitrogens with one attached hydrogen (secondary N) is 1. The molecule has 0 aliphatic carbocycles. The maximum atomic E-state index is 12.3. The summed E-state index contributed by atoms with van der Waals surface area (Å²) in [4.78, 5) is 25.9. The van der Waals surface area contributed by atoms with Crippen molar-refractivity contribution in [2.45, 2.75) is 26.3 Å². The van der Waals surface area contributed by atoms with Crippen LogP contribution in [0, 0.1) is 0 Å². The van der Waals surface area contributed by atoms with Crippen molar-refractivity contribution in [1.29, 1.82) is 0 Å². The van der Waals surface area contributed by atoms with E-state index in [0.717, 1.165) is 5.56 Å². The van der Waals surface area contributed by atoms with Crippen LogP contribution in [-0.4, -0.2) is 29.8 Å². The zero-order valence-corrected chi connectivity index (χ0v) is 15.2. The zero-order chi connectivity index (χ0) is 17.4. The number of nitrogens with zero attached hydrogens (tertiary/aromatic N) is 1. The summed E-state index contributed by atoms with van der Waals surface area (Å²) in [6.45, 7) is 3.58. The van der Waals surface area contributed by atoms with Gasteiger partial charge in [0.1, 0.15) is 0 Å². The maximum absolute atomic E-state index is 12.3. The second kappa shape index (κ2) is 9.45. The van der Waals surface area contributed by atoms with Gasteiger partial charge in [0.05, 0.1) is 0 Å². The lowest BCUT2D eigenvalue weighted by Gasteiger charge is -2.21. The van der Waals surface area contributed by atoms with Gasteiger partial charge >= 0.3 is 0 Å². The predicted molar refractivity (Wildman–Crippen MR) is 98.4 cm³/mol. The highest BCUT2D eigenvalue weighted by Gasteiger charge is 2.13. The van der Waals surface area contributed by atoms with Gasteiger partial charge in [-0.25, -0.2) is 0 Å². The van der Waals surface area contributed by atoms with Gasteiger partial charge < -0.3 is 10.2 Å². The fourth-order valence-electron chi connectivity index (χ4n) is 2.30. The number of hydrogen-bond acceptors (Lipinski definition) is 3. The predicted octanol–water partition coefficient (Wildman–Crippen LogP) is 3.96. The Kier molecular flexibility index (Phi) is 7.28. The van der Waals surface area contributed by atoms with Gasteiger partial charge in [0.2, 0.25) is 5.91 Å². The third-order valence-corrected chi connectivity index (χ3v) is 4.74. The smallest absolute Gasteiger partial charge is 0.252 e. The first kappa shape index (κ1) is 18.5. The number of rotatable bonds is 8. The minimum absolute atomic E-state index is 0.0715. The van der Waals surface area contributed by atoms with E-state index in [1.54, 1.807) is 11.0 Å². The van der Waals surface area contributed by atoms with E-state index in [9.17, 15) is 9.59 Å². The number of hydrogen-bond donors (Lipinski definition) is 1. The van der Waals surface area contributed by atoms with Crippen LogP contribution in [0.3, 0.4) is 0 Å². The van der Waals surface area contributed by atoms with Gasteiger partial charge in [0, 0.05) is 42.0 Å². The van der Waals surface area contributed by atoms with Crippen LogP contribution in [0.25, 0.3) is 0 Å². The van der Waals surface area contributed by atoms with Crippen LogP contribution in [-0.2, 0) is 11.3 Å². The first-order valence-electron chi connectivity index (χ1n) is 7.93. The Morgan fingerprint density at radius 1 is 1.25 bits per heavy atom. The molecule has 0 radical (unpaired) electrons. The van der Waals surface area contributed by atoms with E-state index < -0.39 is 0 Å². The van der Waals surface area contributed by atoms with E-state index in [-0.39, 0.29) is 11.8 Å². The molecule has 2 aromatic rings. The Morgan fingerprint density at radius 3 is 2.71 bits per heavy atom. The molecule has 4 nitrogen and oxygen atoms in total. The number of amides is 2. The summed E-state index contributed by atoms with van der Waals surface area (Å²) in [5, 5.41) is 7.18. The van der Waals surface area contributed by atoms with E-state index in [1.807, 2.05) is 41.9 Å². The molecule has 128 valence electrons. The lowest BCUT2D eigenvalue weighted by Crippen LogP contribution is -2.31. The van der Waals surface area contributed by atoms with Crippen molar-refractivity contribution in [3.8, 4) is 0 Å². The van der Waals surface area contributed by atoms with Gasteiger partial charge in [-0.3, -0.25) is 9.59 Å². The highest BCUT2D eigenvalue weighted by atomic mass is 35.5. The molecule has 0 bridgehead atoms. The highest BCUT2D eigenvalue weighted by Crippen LogP contribution is 2.17. The molecule has 1 aromatic carbocycles. The van der Waals surface area contributed by atoms with Gasteiger partial charge in [-0.05, 0) is 36.4 Å². The van der Waals surface area contributed by atoms with Crippen molar-refractivity contribution >= 4 is 34.8 Å². The van der Waals surface area contributed by atoms with E-state index in [0.29, 0.717) is 43.1 Å². The molecule has 1 aromatic heterocycles. The summed E-state index contributed by atoms with van der Waals surface area (Å²) >= 11 is 7.64. The number of halogens is 1. The van der Waals surface area contributed by atoms with Crippen LogP contribution in [0.4, 0.5) is 0 Å². The second-order valence-electron chi connectivity index (χ2n) is 5.37. The monoisotopic (exact) mass is 364 g/mol. The lowest BCUT2D eigenvalue weighted by molar-refractivity contribution is -0.131. The molecule has 0 saturated carbocycles. The van der Waals surface area contributed by atoms with Crippen LogP contribution in [0.15, 0.2) is 41.1 Å². The average molecular weight is 365 g/mol. The van der Waals surface area contributed by atoms with Gasteiger partial charge in [-0.15, -0.1) is 0 Å². The summed E-state index contributed by atoms with van der Waals surface area (Å²) in [7, 11) is 0. The van der Waals surface area contributed by atoms with Crippen molar-refractivity contribution < 1.29 is 9.59 Å². The van der Waals surface area contributed by atoms with Crippen LogP contribution in [0.2, 0.25) is 5.02 Å². The maximum Gasteiger partial charge on any atom is 0.252 e. The molecule has 0 unspecified atom stereocenters. The summed E-state index contributed by atoms with van der Waals surface area (Å²) < 4.78 is 0. The van der Waals surface area contributed by atoms with Crippen molar-refractivity contribution in [3.05, 3.63) is 57.2 Å². The molecular formula is C18H21ClN2O2S. The molecule has 0 aliphatic rings. The van der Waals surface area contributed by atoms with Crippen molar-refractivity contribution in [1.82, 2.24) is 10.2 Å².